The molecular weight excluding hydrogens is 429 g/mol. The van der Waals surface area contributed by atoms with Gasteiger partial charge in [-0.2, -0.15) is 0 Å². The highest BCUT2D eigenvalue weighted by Gasteiger charge is 2.30. The van der Waals surface area contributed by atoms with E-state index in [1.165, 1.54) is 24.3 Å². The Morgan fingerprint density at radius 2 is 1.85 bits per heavy atom. The standard InChI is InChI=1S/C23H24FN5O4/c24-16-2-4-17(5-3-16)25-22(31)18-12-21(30)27-23(26-18)29-9-7-28(8-10-29)13-15-1-6-19-20(11-15)33-14-32-19/h1-6,11,18H,7-10,12-14H2,(H,25,31)(H,26,27,30)/t18-/m0/s1. The van der Waals surface area contributed by atoms with Gasteiger partial charge in [-0.25, -0.2) is 9.38 Å². The van der Waals surface area contributed by atoms with Crippen molar-refractivity contribution in [3.63, 3.8) is 0 Å². The third-order valence-corrected chi connectivity index (χ3v) is 5.84. The first-order valence-corrected chi connectivity index (χ1v) is 10.8. The Balaban J connectivity index is 1.18. The minimum Gasteiger partial charge on any atom is -0.454 e. The van der Waals surface area contributed by atoms with Crippen molar-refractivity contribution in [2.75, 3.05) is 38.3 Å². The van der Waals surface area contributed by atoms with E-state index in [4.69, 9.17) is 9.47 Å². The van der Waals surface area contributed by atoms with Gasteiger partial charge >= 0.3 is 0 Å². The Labute approximate surface area is 190 Å². The van der Waals surface area contributed by atoms with Crippen LogP contribution in [0, 0.1) is 5.82 Å². The summed E-state index contributed by atoms with van der Waals surface area (Å²) < 4.78 is 23.9. The molecule has 0 radical (unpaired) electrons. The van der Waals surface area contributed by atoms with Gasteiger partial charge in [0.2, 0.25) is 24.6 Å². The molecule has 0 saturated carbocycles. The topological polar surface area (TPSA) is 95.5 Å². The number of halogens is 1. The number of hydrogen-bond donors (Lipinski definition) is 2. The number of ether oxygens (including phenoxy) is 2. The van der Waals surface area contributed by atoms with Crippen molar-refractivity contribution >= 4 is 23.5 Å². The van der Waals surface area contributed by atoms with Crippen molar-refractivity contribution in [2.45, 2.75) is 19.0 Å². The average molecular weight is 453 g/mol. The molecule has 1 fully saturated rings. The second-order valence-corrected chi connectivity index (χ2v) is 8.17. The van der Waals surface area contributed by atoms with Crippen LogP contribution in [0.4, 0.5) is 10.1 Å². The summed E-state index contributed by atoms with van der Waals surface area (Å²) in [5, 5.41) is 5.49. The number of aliphatic imine (C=N–C) groups is 1. The molecule has 2 aromatic rings. The molecule has 0 aliphatic carbocycles. The quantitative estimate of drug-likeness (QED) is 0.730. The Morgan fingerprint density at radius 1 is 1.09 bits per heavy atom. The number of nitrogens with zero attached hydrogens (tertiary/aromatic N) is 3. The van der Waals surface area contributed by atoms with Crippen LogP contribution in [0.1, 0.15) is 12.0 Å². The van der Waals surface area contributed by atoms with E-state index in [1.54, 1.807) is 0 Å². The normalized spacial score (nSPS) is 20.3. The van der Waals surface area contributed by atoms with Gasteiger partial charge in [0.1, 0.15) is 11.9 Å². The predicted molar refractivity (Wildman–Crippen MR) is 118 cm³/mol. The summed E-state index contributed by atoms with van der Waals surface area (Å²) in [5.41, 5.74) is 1.61. The van der Waals surface area contributed by atoms with Crippen molar-refractivity contribution in [3.05, 3.63) is 53.8 Å². The molecule has 2 aromatic carbocycles. The van der Waals surface area contributed by atoms with Gasteiger partial charge in [-0.05, 0) is 42.0 Å². The lowest BCUT2D eigenvalue weighted by Gasteiger charge is -2.37. The summed E-state index contributed by atoms with van der Waals surface area (Å²) in [6.07, 6.45) is -0.0272. The fraction of sp³-hybridized carbons (Fsp3) is 0.348. The first-order valence-electron chi connectivity index (χ1n) is 10.8. The summed E-state index contributed by atoms with van der Waals surface area (Å²) >= 11 is 0. The monoisotopic (exact) mass is 453 g/mol. The number of amides is 2. The first-order chi connectivity index (χ1) is 16.0. The molecule has 172 valence electrons. The molecule has 0 unspecified atom stereocenters. The van der Waals surface area contributed by atoms with Crippen molar-refractivity contribution in [1.82, 2.24) is 15.1 Å². The predicted octanol–water partition coefficient (Wildman–Crippen LogP) is 1.56. The summed E-state index contributed by atoms with van der Waals surface area (Å²) in [5.74, 6) is 0.941. The largest absolute Gasteiger partial charge is 0.454 e. The van der Waals surface area contributed by atoms with Gasteiger partial charge in [0, 0.05) is 38.4 Å². The summed E-state index contributed by atoms with van der Waals surface area (Å²) in [7, 11) is 0. The van der Waals surface area contributed by atoms with Gasteiger partial charge in [-0.15, -0.1) is 0 Å². The van der Waals surface area contributed by atoms with E-state index >= 15 is 0 Å². The SMILES string of the molecule is O=C1C[C@@H](C(=O)Nc2ccc(F)cc2)N=C(N2CCN(Cc3ccc4c(c3)OCO4)CC2)N1. The van der Waals surface area contributed by atoms with Crippen LogP contribution in [0.3, 0.4) is 0 Å². The van der Waals surface area contributed by atoms with Gasteiger partial charge in [-0.1, -0.05) is 6.07 Å². The smallest absolute Gasteiger partial charge is 0.249 e. The molecule has 0 aromatic heterocycles. The van der Waals surface area contributed by atoms with Crippen LogP contribution in [0.5, 0.6) is 11.5 Å². The Kier molecular flexibility index (Phi) is 5.82. The van der Waals surface area contributed by atoms with E-state index in [0.29, 0.717) is 24.7 Å². The lowest BCUT2D eigenvalue weighted by molar-refractivity contribution is -0.125. The first kappa shape index (κ1) is 21.2. The minimum atomic E-state index is -0.828. The van der Waals surface area contributed by atoms with E-state index in [9.17, 15) is 14.0 Å². The third kappa shape index (κ3) is 4.90. The van der Waals surface area contributed by atoms with Crippen molar-refractivity contribution in [2.24, 2.45) is 4.99 Å². The highest BCUT2D eigenvalue weighted by Crippen LogP contribution is 2.32. The van der Waals surface area contributed by atoms with Crippen LogP contribution in [0.2, 0.25) is 0 Å². The summed E-state index contributed by atoms with van der Waals surface area (Å²) in [6, 6.07) is 10.6. The van der Waals surface area contributed by atoms with E-state index < -0.39 is 11.9 Å². The number of rotatable bonds is 4. The van der Waals surface area contributed by atoms with Crippen LogP contribution in [-0.4, -0.2) is 66.6 Å². The maximum absolute atomic E-state index is 13.1. The highest BCUT2D eigenvalue weighted by molar-refractivity contribution is 6.05. The molecule has 1 saturated heterocycles. The number of piperazine rings is 1. The molecule has 3 aliphatic heterocycles. The maximum Gasteiger partial charge on any atom is 0.249 e. The van der Waals surface area contributed by atoms with E-state index in [0.717, 1.165) is 36.7 Å². The molecule has 3 aliphatic rings. The fourth-order valence-corrected chi connectivity index (χ4v) is 4.06. The number of carbonyl (C=O) groups excluding carboxylic acids is 2. The van der Waals surface area contributed by atoms with Crippen LogP contribution < -0.4 is 20.1 Å². The van der Waals surface area contributed by atoms with Gasteiger partial charge < -0.3 is 19.7 Å². The zero-order valence-corrected chi connectivity index (χ0v) is 17.9. The fourth-order valence-electron chi connectivity index (χ4n) is 4.06. The van der Waals surface area contributed by atoms with Crippen molar-refractivity contribution in [3.8, 4) is 11.5 Å². The van der Waals surface area contributed by atoms with Gasteiger partial charge in [0.05, 0.1) is 6.42 Å². The molecule has 2 N–H and O–H groups in total. The number of guanidine groups is 1. The molecule has 1 atom stereocenters. The molecule has 5 rings (SSSR count). The molecule has 9 nitrogen and oxygen atoms in total. The van der Waals surface area contributed by atoms with Crippen molar-refractivity contribution < 1.29 is 23.5 Å². The van der Waals surface area contributed by atoms with Crippen LogP contribution in [-0.2, 0) is 16.1 Å². The van der Waals surface area contributed by atoms with Crippen LogP contribution in [0.25, 0.3) is 0 Å². The molecule has 0 spiro atoms. The van der Waals surface area contributed by atoms with Crippen LogP contribution >= 0.6 is 0 Å². The zero-order valence-electron chi connectivity index (χ0n) is 17.9. The van der Waals surface area contributed by atoms with E-state index in [-0.39, 0.29) is 24.9 Å². The summed E-state index contributed by atoms with van der Waals surface area (Å²) in [6.45, 7) is 3.97. The molecular formula is C23H24FN5O4. The Morgan fingerprint density at radius 3 is 2.64 bits per heavy atom. The number of benzene rings is 2. The Hall–Kier alpha value is -3.66. The maximum atomic E-state index is 13.1. The lowest BCUT2D eigenvalue weighted by atomic mass is 10.1. The Bertz CT molecular complexity index is 1080. The molecule has 10 heteroatoms. The minimum absolute atomic E-state index is 0.0272. The van der Waals surface area contributed by atoms with Gasteiger partial charge in [0.25, 0.3) is 0 Å². The number of anilines is 1. The molecule has 0 bridgehead atoms. The van der Waals surface area contributed by atoms with Crippen molar-refractivity contribution in [1.29, 1.82) is 0 Å². The molecule has 33 heavy (non-hydrogen) atoms. The number of fused-ring (bicyclic) bond motifs is 1. The number of nitrogens with one attached hydrogen (secondary N) is 2. The van der Waals surface area contributed by atoms with E-state index in [2.05, 4.69) is 20.5 Å². The third-order valence-electron chi connectivity index (χ3n) is 5.84. The highest BCUT2D eigenvalue weighted by atomic mass is 19.1. The van der Waals surface area contributed by atoms with E-state index in [1.807, 2.05) is 23.1 Å². The molecule has 3 heterocycles. The second-order valence-electron chi connectivity index (χ2n) is 8.17. The van der Waals surface area contributed by atoms with Gasteiger partial charge in [0.15, 0.2) is 11.5 Å². The lowest BCUT2D eigenvalue weighted by Crippen LogP contribution is -2.56. The van der Waals surface area contributed by atoms with Gasteiger partial charge in [-0.3, -0.25) is 19.8 Å². The second kappa shape index (κ2) is 9.07. The number of carbonyl (C=O) groups is 2. The van der Waals surface area contributed by atoms with Crippen LogP contribution in [0.15, 0.2) is 47.5 Å². The average Bonchev–Trinajstić information content (AvgIpc) is 3.28. The number of hydrogen-bond acceptors (Lipinski definition) is 7. The summed E-state index contributed by atoms with van der Waals surface area (Å²) in [4.78, 5) is 33.7. The zero-order chi connectivity index (χ0) is 22.8. The molecule has 2 amide bonds.